The minimum atomic E-state index is -0.0551. The van der Waals surface area contributed by atoms with Gasteiger partial charge in [0.2, 0.25) is 6.79 Å². The summed E-state index contributed by atoms with van der Waals surface area (Å²) in [6, 6.07) is 5.94. The van der Waals surface area contributed by atoms with Crippen LogP contribution in [0.3, 0.4) is 0 Å². The summed E-state index contributed by atoms with van der Waals surface area (Å²) in [5.74, 6) is 2.64. The Morgan fingerprint density at radius 3 is 2.86 bits per heavy atom. The van der Waals surface area contributed by atoms with Crippen molar-refractivity contribution in [3.8, 4) is 11.5 Å². The van der Waals surface area contributed by atoms with Crippen molar-refractivity contribution in [1.29, 1.82) is 0 Å². The maximum Gasteiger partial charge on any atom is 0.231 e. The summed E-state index contributed by atoms with van der Waals surface area (Å²) in [5.41, 5.74) is 6.80. The van der Waals surface area contributed by atoms with Crippen LogP contribution in [0.5, 0.6) is 11.5 Å². The second-order valence-corrected chi connectivity index (χ2v) is 4.63. The number of nitrogens with one attached hydrogen (secondary N) is 2. The summed E-state index contributed by atoms with van der Waals surface area (Å²) in [7, 11) is 0. The minimum absolute atomic E-state index is 0.0551. The summed E-state index contributed by atoms with van der Waals surface area (Å²) in [6.45, 7) is 6.86. The van der Waals surface area contributed by atoms with E-state index in [0.29, 0.717) is 25.3 Å². The molecule has 7 nitrogen and oxygen atoms in total. The van der Waals surface area contributed by atoms with Gasteiger partial charge in [0.05, 0.1) is 0 Å². The van der Waals surface area contributed by atoms with Gasteiger partial charge in [-0.25, -0.2) is 4.99 Å². The number of benzene rings is 1. The first-order valence-electron chi connectivity index (χ1n) is 7.50. The van der Waals surface area contributed by atoms with E-state index in [9.17, 15) is 0 Å². The van der Waals surface area contributed by atoms with E-state index in [1.807, 2.05) is 39.0 Å². The van der Waals surface area contributed by atoms with Gasteiger partial charge in [-0.2, -0.15) is 0 Å². The van der Waals surface area contributed by atoms with E-state index in [2.05, 4.69) is 20.6 Å². The number of ether oxygens (including phenoxy) is 2. The molecule has 0 amide bonds. The normalized spacial score (nSPS) is 20.4. The Hall–Kier alpha value is -2.44. The largest absolute Gasteiger partial charge is 0.454 e. The van der Waals surface area contributed by atoms with Crippen LogP contribution in [-0.4, -0.2) is 31.4 Å². The van der Waals surface area contributed by atoms with Gasteiger partial charge in [-0.15, -0.1) is 0 Å². The van der Waals surface area contributed by atoms with Crippen LogP contribution in [-0.2, 0) is 6.42 Å². The van der Waals surface area contributed by atoms with E-state index < -0.39 is 0 Å². The summed E-state index contributed by atoms with van der Waals surface area (Å²) in [4.78, 5) is 8.53. The van der Waals surface area contributed by atoms with Crippen LogP contribution in [0.4, 0.5) is 0 Å². The molecule has 0 spiro atoms. The number of guanidine groups is 2. The molecule has 0 fully saturated rings. The van der Waals surface area contributed by atoms with Crippen LogP contribution in [0.25, 0.3) is 0 Å². The van der Waals surface area contributed by atoms with E-state index in [0.717, 1.165) is 23.5 Å². The first-order valence-corrected chi connectivity index (χ1v) is 7.50. The quantitative estimate of drug-likeness (QED) is 0.780. The highest BCUT2D eigenvalue weighted by atomic mass is 16.7. The van der Waals surface area contributed by atoms with Crippen molar-refractivity contribution < 1.29 is 9.47 Å². The van der Waals surface area contributed by atoms with E-state index in [1.165, 1.54) is 0 Å². The number of nitrogens with zero attached hydrogens (tertiary/aromatic N) is 2. The highest BCUT2D eigenvalue weighted by Gasteiger charge is 2.14. The predicted molar refractivity (Wildman–Crippen MR) is 87.3 cm³/mol. The standard InChI is InChI=1S/C13H17N5O2.C2H6/c1-8-16-12(14)18-13(17-8)15-5-4-9-2-3-10-11(6-9)20-7-19-10;1-2/h2-3,6,8H,4-5,7H2,1H3,(H4,14,15,16,17,18);1-2H3. The Labute approximate surface area is 130 Å². The van der Waals surface area contributed by atoms with E-state index in [4.69, 9.17) is 15.2 Å². The molecular weight excluding hydrogens is 282 g/mol. The molecule has 1 atom stereocenters. The number of nitrogens with two attached hydrogens (primary N) is 1. The molecular formula is C15H23N5O2. The third kappa shape index (κ3) is 4.03. The molecule has 2 aliphatic rings. The minimum Gasteiger partial charge on any atom is -0.454 e. The molecule has 1 aromatic carbocycles. The second kappa shape index (κ2) is 7.53. The Balaban J connectivity index is 0.000000847. The van der Waals surface area contributed by atoms with Crippen molar-refractivity contribution in [2.45, 2.75) is 33.4 Å². The molecule has 0 aromatic heterocycles. The average molecular weight is 305 g/mol. The van der Waals surface area contributed by atoms with Crippen molar-refractivity contribution in [2.24, 2.45) is 15.7 Å². The number of rotatable bonds is 3. The van der Waals surface area contributed by atoms with Gasteiger partial charge in [-0.1, -0.05) is 19.9 Å². The highest BCUT2D eigenvalue weighted by molar-refractivity contribution is 5.99. The Bertz CT molecular complexity index is 571. The van der Waals surface area contributed by atoms with Gasteiger partial charge >= 0.3 is 0 Å². The monoisotopic (exact) mass is 305 g/mol. The predicted octanol–water partition coefficient (Wildman–Crippen LogP) is 1.19. The third-order valence-electron chi connectivity index (χ3n) is 3.03. The van der Waals surface area contributed by atoms with Crippen LogP contribution < -0.4 is 25.8 Å². The lowest BCUT2D eigenvalue weighted by molar-refractivity contribution is 0.174. The topological polar surface area (TPSA) is 93.3 Å². The molecule has 4 N–H and O–H groups in total. The smallest absolute Gasteiger partial charge is 0.231 e. The first-order chi connectivity index (χ1) is 10.7. The van der Waals surface area contributed by atoms with Crippen molar-refractivity contribution in [1.82, 2.24) is 10.6 Å². The fourth-order valence-electron chi connectivity index (χ4n) is 2.11. The molecule has 3 rings (SSSR count). The van der Waals surface area contributed by atoms with Crippen LogP contribution in [0.1, 0.15) is 26.3 Å². The SMILES string of the molecule is CC.CC1N=C(N)NC(=NCCc2ccc3c(c2)OCO3)N1. The summed E-state index contributed by atoms with van der Waals surface area (Å²) < 4.78 is 10.6. The van der Waals surface area contributed by atoms with Crippen molar-refractivity contribution in [3.05, 3.63) is 23.8 Å². The summed E-state index contributed by atoms with van der Waals surface area (Å²) in [6.07, 6.45) is 0.759. The molecule has 0 bridgehead atoms. The van der Waals surface area contributed by atoms with Gasteiger partial charge < -0.3 is 20.5 Å². The van der Waals surface area contributed by atoms with Crippen molar-refractivity contribution >= 4 is 11.9 Å². The average Bonchev–Trinajstić information content (AvgIpc) is 2.96. The lowest BCUT2D eigenvalue weighted by Crippen LogP contribution is -2.52. The molecule has 7 heteroatoms. The number of fused-ring (bicyclic) bond motifs is 1. The van der Waals surface area contributed by atoms with Gasteiger partial charge in [-0.05, 0) is 31.0 Å². The zero-order chi connectivity index (χ0) is 15.9. The van der Waals surface area contributed by atoms with Crippen LogP contribution in [0, 0.1) is 0 Å². The van der Waals surface area contributed by atoms with E-state index in [-0.39, 0.29) is 6.17 Å². The molecule has 0 saturated carbocycles. The lowest BCUT2D eigenvalue weighted by Gasteiger charge is -2.20. The number of aliphatic imine (C=N–C) groups is 2. The molecule has 1 unspecified atom stereocenters. The van der Waals surface area contributed by atoms with Crippen LogP contribution in [0.2, 0.25) is 0 Å². The Morgan fingerprint density at radius 1 is 1.32 bits per heavy atom. The fourth-order valence-corrected chi connectivity index (χ4v) is 2.11. The second-order valence-electron chi connectivity index (χ2n) is 4.63. The molecule has 1 aromatic rings. The molecule has 0 radical (unpaired) electrons. The van der Waals surface area contributed by atoms with E-state index in [1.54, 1.807) is 0 Å². The van der Waals surface area contributed by atoms with Gasteiger partial charge in [-0.3, -0.25) is 10.3 Å². The number of hydrogen-bond acceptors (Lipinski definition) is 5. The molecule has 0 saturated heterocycles. The van der Waals surface area contributed by atoms with Crippen LogP contribution in [0.15, 0.2) is 28.2 Å². The first kappa shape index (κ1) is 15.9. The zero-order valence-corrected chi connectivity index (χ0v) is 13.2. The fraction of sp³-hybridized carbons (Fsp3) is 0.467. The number of hydrogen-bond donors (Lipinski definition) is 3. The van der Waals surface area contributed by atoms with Gasteiger partial charge in [0.25, 0.3) is 0 Å². The summed E-state index contributed by atoms with van der Waals surface area (Å²) >= 11 is 0. The maximum atomic E-state index is 5.65. The highest BCUT2D eigenvalue weighted by Crippen LogP contribution is 2.32. The zero-order valence-electron chi connectivity index (χ0n) is 13.2. The molecule has 2 heterocycles. The van der Waals surface area contributed by atoms with Gasteiger partial charge in [0.1, 0.15) is 6.17 Å². The Morgan fingerprint density at radius 2 is 2.09 bits per heavy atom. The van der Waals surface area contributed by atoms with Gasteiger partial charge in [0.15, 0.2) is 23.4 Å². The van der Waals surface area contributed by atoms with Crippen molar-refractivity contribution in [2.75, 3.05) is 13.3 Å². The molecule has 22 heavy (non-hydrogen) atoms. The third-order valence-corrected chi connectivity index (χ3v) is 3.03. The molecule has 2 aliphatic heterocycles. The van der Waals surface area contributed by atoms with Gasteiger partial charge in [0, 0.05) is 6.54 Å². The van der Waals surface area contributed by atoms with E-state index >= 15 is 0 Å². The van der Waals surface area contributed by atoms with Crippen LogP contribution >= 0.6 is 0 Å². The molecule has 120 valence electrons. The molecule has 0 aliphatic carbocycles. The Kier molecular flexibility index (Phi) is 5.46. The lowest BCUT2D eigenvalue weighted by atomic mass is 10.1. The van der Waals surface area contributed by atoms with Crippen molar-refractivity contribution in [3.63, 3.8) is 0 Å². The maximum absolute atomic E-state index is 5.65. The summed E-state index contributed by atoms with van der Waals surface area (Å²) in [5, 5.41) is 6.00.